The van der Waals surface area contributed by atoms with E-state index < -0.39 is 0 Å². The fraction of sp³-hybridized carbons (Fsp3) is 0.533. The monoisotopic (exact) mass is 243 g/mol. The molecule has 2 aromatic rings. The van der Waals surface area contributed by atoms with Crippen LogP contribution in [0.2, 0.25) is 0 Å². The molecule has 0 spiro atoms. The van der Waals surface area contributed by atoms with E-state index >= 15 is 0 Å². The normalized spacial score (nSPS) is 20.7. The Labute approximate surface area is 108 Å². The molecule has 3 nitrogen and oxygen atoms in total. The molecule has 96 valence electrons. The molecular formula is C15H21N3. The van der Waals surface area contributed by atoms with Gasteiger partial charge in [0, 0.05) is 11.9 Å². The number of fused-ring (bicyclic) bond motifs is 1. The third-order valence-corrected chi connectivity index (χ3v) is 3.84. The molecule has 1 aromatic carbocycles. The van der Waals surface area contributed by atoms with Gasteiger partial charge in [0.15, 0.2) is 0 Å². The van der Waals surface area contributed by atoms with Crippen molar-refractivity contribution >= 4 is 10.9 Å². The van der Waals surface area contributed by atoms with Gasteiger partial charge in [-0.05, 0) is 30.0 Å². The van der Waals surface area contributed by atoms with E-state index in [1.807, 2.05) is 6.20 Å². The van der Waals surface area contributed by atoms with Gasteiger partial charge >= 0.3 is 0 Å². The summed E-state index contributed by atoms with van der Waals surface area (Å²) in [6, 6.07) is 7.24. The lowest BCUT2D eigenvalue weighted by Crippen LogP contribution is -2.15. The van der Waals surface area contributed by atoms with Crippen molar-refractivity contribution in [2.45, 2.75) is 38.6 Å². The van der Waals surface area contributed by atoms with Gasteiger partial charge in [0.2, 0.25) is 0 Å². The van der Waals surface area contributed by atoms with E-state index in [9.17, 15) is 0 Å². The first-order valence-corrected chi connectivity index (χ1v) is 6.74. The minimum atomic E-state index is 0.192. The topological polar surface area (TPSA) is 29.9 Å². The predicted molar refractivity (Wildman–Crippen MR) is 75.0 cm³/mol. The third-order valence-electron chi connectivity index (χ3n) is 3.84. The zero-order chi connectivity index (χ0) is 12.8. The number of nitrogens with zero attached hydrogens (tertiary/aromatic N) is 2. The van der Waals surface area contributed by atoms with Gasteiger partial charge in [0.05, 0.1) is 17.8 Å². The first-order chi connectivity index (χ1) is 8.55. The van der Waals surface area contributed by atoms with Gasteiger partial charge in [-0.2, -0.15) is 5.10 Å². The molecule has 1 unspecified atom stereocenters. The highest BCUT2D eigenvalue weighted by molar-refractivity contribution is 5.79. The van der Waals surface area contributed by atoms with E-state index in [0.717, 1.165) is 13.1 Å². The van der Waals surface area contributed by atoms with Gasteiger partial charge in [-0.1, -0.05) is 32.9 Å². The smallest absolute Gasteiger partial charge is 0.0689 e. The zero-order valence-corrected chi connectivity index (χ0v) is 11.4. The van der Waals surface area contributed by atoms with Crippen molar-refractivity contribution in [3.8, 4) is 0 Å². The standard InChI is InChI=1S/C15H21N3/c1-15(2,3)12-5-4-11-9-17-18(14(11)8-12)13-6-7-16-10-13/h4-5,8-9,13,16H,6-7,10H2,1-3H3. The first kappa shape index (κ1) is 11.7. The maximum atomic E-state index is 4.58. The molecule has 18 heavy (non-hydrogen) atoms. The molecule has 1 aliphatic heterocycles. The van der Waals surface area contributed by atoms with Crippen molar-refractivity contribution in [2.24, 2.45) is 0 Å². The number of hydrogen-bond acceptors (Lipinski definition) is 2. The molecule has 0 radical (unpaired) electrons. The SMILES string of the molecule is CC(C)(C)c1ccc2cnn(C3CCNC3)c2c1. The van der Waals surface area contributed by atoms with Crippen LogP contribution in [0.15, 0.2) is 24.4 Å². The number of aromatic nitrogens is 2. The van der Waals surface area contributed by atoms with Crippen molar-refractivity contribution in [1.29, 1.82) is 0 Å². The van der Waals surface area contributed by atoms with Crippen LogP contribution in [0.5, 0.6) is 0 Å². The fourth-order valence-electron chi connectivity index (χ4n) is 2.64. The maximum absolute atomic E-state index is 4.58. The molecule has 0 aliphatic carbocycles. The predicted octanol–water partition coefficient (Wildman–Crippen LogP) is 2.87. The van der Waals surface area contributed by atoms with Crippen LogP contribution in [-0.2, 0) is 5.41 Å². The van der Waals surface area contributed by atoms with Gasteiger partial charge < -0.3 is 5.32 Å². The van der Waals surface area contributed by atoms with Crippen molar-refractivity contribution in [3.63, 3.8) is 0 Å². The van der Waals surface area contributed by atoms with Crippen LogP contribution in [0, 0.1) is 0 Å². The molecule has 1 atom stereocenters. The summed E-state index contributed by atoms with van der Waals surface area (Å²) in [5.74, 6) is 0. The summed E-state index contributed by atoms with van der Waals surface area (Å²) in [6.07, 6.45) is 3.16. The first-order valence-electron chi connectivity index (χ1n) is 6.74. The van der Waals surface area contributed by atoms with Crippen LogP contribution in [0.25, 0.3) is 10.9 Å². The minimum absolute atomic E-state index is 0.192. The summed E-state index contributed by atoms with van der Waals surface area (Å²) in [7, 11) is 0. The summed E-state index contributed by atoms with van der Waals surface area (Å²) in [5, 5.41) is 9.23. The Kier molecular flexibility index (Phi) is 2.67. The Balaban J connectivity index is 2.10. The van der Waals surface area contributed by atoms with E-state index in [0.29, 0.717) is 6.04 Å². The van der Waals surface area contributed by atoms with Crippen molar-refractivity contribution in [3.05, 3.63) is 30.0 Å². The Morgan fingerprint density at radius 2 is 2.17 bits per heavy atom. The molecule has 1 fully saturated rings. The van der Waals surface area contributed by atoms with Gasteiger partial charge in [0.25, 0.3) is 0 Å². The summed E-state index contributed by atoms with van der Waals surface area (Å²) in [5.41, 5.74) is 2.84. The summed E-state index contributed by atoms with van der Waals surface area (Å²) >= 11 is 0. The lowest BCUT2D eigenvalue weighted by Gasteiger charge is -2.19. The van der Waals surface area contributed by atoms with Gasteiger partial charge in [-0.15, -0.1) is 0 Å². The summed E-state index contributed by atoms with van der Waals surface area (Å²) in [4.78, 5) is 0. The van der Waals surface area contributed by atoms with E-state index in [2.05, 4.69) is 54.1 Å². The maximum Gasteiger partial charge on any atom is 0.0689 e. The second-order valence-corrected chi connectivity index (χ2v) is 6.26. The van der Waals surface area contributed by atoms with Crippen LogP contribution in [-0.4, -0.2) is 22.9 Å². The van der Waals surface area contributed by atoms with E-state index in [-0.39, 0.29) is 5.41 Å². The molecule has 0 amide bonds. The largest absolute Gasteiger partial charge is 0.315 e. The third kappa shape index (κ3) is 1.93. The Bertz CT molecular complexity index is 557. The van der Waals surface area contributed by atoms with Gasteiger partial charge in [0.1, 0.15) is 0 Å². The average molecular weight is 243 g/mol. The molecule has 2 heterocycles. The van der Waals surface area contributed by atoms with Crippen LogP contribution < -0.4 is 5.32 Å². The summed E-state index contributed by atoms with van der Waals surface area (Å²) < 4.78 is 2.20. The second-order valence-electron chi connectivity index (χ2n) is 6.26. The van der Waals surface area contributed by atoms with Crippen molar-refractivity contribution in [2.75, 3.05) is 13.1 Å². The van der Waals surface area contributed by atoms with Crippen molar-refractivity contribution < 1.29 is 0 Å². The molecular weight excluding hydrogens is 222 g/mol. The van der Waals surface area contributed by atoms with Crippen molar-refractivity contribution in [1.82, 2.24) is 15.1 Å². The molecule has 0 bridgehead atoms. The quantitative estimate of drug-likeness (QED) is 0.834. The highest BCUT2D eigenvalue weighted by Crippen LogP contribution is 2.28. The average Bonchev–Trinajstić information content (AvgIpc) is 2.95. The molecule has 1 N–H and O–H groups in total. The Morgan fingerprint density at radius 3 is 2.83 bits per heavy atom. The molecule has 1 aliphatic rings. The molecule has 1 saturated heterocycles. The second kappa shape index (κ2) is 4.09. The van der Waals surface area contributed by atoms with Crippen LogP contribution >= 0.6 is 0 Å². The number of hydrogen-bond donors (Lipinski definition) is 1. The Morgan fingerprint density at radius 1 is 1.33 bits per heavy atom. The summed E-state index contributed by atoms with van der Waals surface area (Å²) in [6.45, 7) is 8.91. The molecule has 1 aromatic heterocycles. The number of rotatable bonds is 1. The molecule has 3 heteroatoms. The van der Waals surface area contributed by atoms with Gasteiger partial charge in [-0.3, -0.25) is 4.68 Å². The zero-order valence-electron chi connectivity index (χ0n) is 11.4. The Hall–Kier alpha value is -1.35. The lowest BCUT2D eigenvalue weighted by molar-refractivity contribution is 0.506. The van der Waals surface area contributed by atoms with Crippen LogP contribution in [0.4, 0.5) is 0 Å². The lowest BCUT2D eigenvalue weighted by atomic mass is 9.87. The minimum Gasteiger partial charge on any atom is -0.315 e. The van der Waals surface area contributed by atoms with Gasteiger partial charge in [-0.25, -0.2) is 0 Å². The molecule has 0 saturated carbocycles. The number of nitrogens with one attached hydrogen (secondary N) is 1. The molecule has 3 rings (SSSR count). The highest BCUT2D eigenvalue weighted by atomic mass is 15.3. The highest BCUT2D eigenvalue weighted by Gasteiger charge is 2.20. The van der Waals surface area contributed by atoms with E-state index in [1.54, 1.807) is 0 Å². The fourth-order valence-corrected chi connectivity index (χ4v) is 2.64. The van der Waals surface area contributed by atoms with E-state index in [1.165, 1.54) is 22.9 Å². The van der Waals surface area contributed by atoms with Crippen LogP contribution in [0.1, 0.15) is 38.8 Å². The number of benzene rings is 1. The van der Waals surface area contributed by atoms with Crippen LogP contribution in [0.3, 0.4) is 0 Å². The van der Waals surface area contributed by atoms with E-state index in [4.69, 9.17) is 0 Å².